The van der Waals surface area contributed by atoms with Crippen LogP contribution in [-0.2, 0) is 11.8 Å². The number of imidazole rings is 1. The van der Waals surface area contributed by atoms with Crippen molar-refractivity contribution >= 4 is 17.5 Å². The summed E-state index contributed by atoms with van der Waals surface area (Å²) in [7, 11) is 1.76. The van der Waals surface area contributed by atoms with Gasteiger partial charge in [0.2, 0.25) is 18.1 Å². The number of anilines is 1. The van der Waals surface area contributed by atoms with Gasteiger partial charge in [0, 0.05) is 39.3 Å². The Balaban J connectivity index is 2.00. The van der Waals surface area contributed by atoms with Gasteiger partial charge in [-0.05, 0) is 30.2 Å². The summed E-state index contributed by atoms with van der Waals surface area (Å²) in [5.74, 6) is 0.432. The van der Waals surface area contributed by atoms with Gasteiger partial charge in [-0.25, -0.2) is 0 Å². The van der Waals surface area contributed by atoms with E-state index in [-0.39, 0.29) is 17.8 Å². The van der Waals surface area contributed by atoms with Crippen molar-refractivity contribution < 1.29 is 9.72 Å². The molecular weight excluding hydrogens is 300 g/mol. The van der Waals surface area contributed by atoms with Crippen LogP contribution < -0.4 is 10.2 Å². The molecule has 1 aromatic rings. The van der Waals surface area contributed by atoms with E-state index in [0.29, 0.717) is 32.0 Å². The number of carbonyl (C=O) groups is 1. The van der Waals surface area contributed by atoms with Crippen LogP contribution in [0.1, 0.15) is 20.3 Å². The highest BCUT2D eigenvalue weighted by Gasteiger charge is 2.27. The highest BCUT2D eigenvalue weighted by Crippen LogP contribution is 2.26. The van der Waals surface area contributed by atoms with Crippen molar-refractivity contribution in [3.8, 4) is 0 Å². The fraction of sp³-hybridized carbons (Fsp3) is 0.714. The lowest BCUT2D eigenvalue weighted by Gasteiger charge is -2.22. The van der Waals surface area contributed by atoms with Gasteiger partial charge in [0.25, 0.3) is 0 Å². The Morgan fingerprint density at radius 3 is 2.78 bits per heavy atom. The van der Waals surface area contributed by atoms with E-state index in [1.165, 1.54) is 6.33 Å². The monoisotopic (exact) mass is 324 g/mol. The minimum Gasteiger partial charge on any atom is -0.358 e. The minimum absolute atomic E-state index is 0.0139. The number of nitrogens with zero attached hydrogens (tertiary/aromatic N) is 5. The molecule has 0 atom stereocenters. The maximum absolute atomic E-state index is 11.9. The molecule has 9 nitrogen and oxygen atoms in total. The smallest absolute Gasteiger partial charge is 0.358 e. The summed E-state index contributed by atoms with van der Waals surface area (Å²) in [5, 5.41) is 14.0. The molecule has 1 aromatic heterocycles. The number of carbonyl (C=O) groups excluding carboxylic acids is 1. The first-order valence-corrected chi connectivity index (χ1v) is 7.81. The zero-order valence-electron chi connectivity index (χ0n) is 13.9. The van der Waals surface area contributed by atoms with E-state index in [9.17, 15) is 14.9 Å². The lowest BCUT2D eigenvalue weighted by Crippen LogP contribution is -2.41. The second-order valence-electron chi connectivity index (χ2n) is 6.10. The Kier molecular flexibility index (Phi) is 5.54. The van der Waals surface area contributed by atoms with Gasteiger partial charge in [-0.3, -0.25) is 14.3 Å². The van der Waals surface area contributed by atoms with E-state index >= 15 is 0 Å². The van der Waals surface area contributed by atoms with Crippen LogP contribution in [0.15, 0.2) is 6.33 Å². The van der Waals surface area contributed by atoms with Gasteiger partial charge in [0.05, 0.1) is 6.54 Å². The van der Waals surface area contributed by atoms with E-state index in [1.807, 2.05) is 18.7 Å². The number of nitrogens with one attached hydrogen (secondary N) is 1. The summed E-state index contributed by atoms with van der Waals surface area (Å²) in [6.07, 6.45) is 2.31. The number of aromatic nitrogens is 2. The summed E-state index contributed by atoms with van der Waals surface area (Å²) in [5.41, 5.74) is 0. The minimum atomic E-state index is -0.450. The van der Waals surface area contributed by atoms with Crippen LogP contribution in [-0.4, -0.2) is 64.0 Å². The average Bonchev–Trinajstić information content (AvgIpc) is 2.69. The van der Waals surface area contributed by atoms with Crippen molar-refractivity contribution in [2.75, 3.05) is 37.6 Å². The molecule has 0 saturated carbocycles. The lowest BCUT2D eigenvalue weighted by atomic mass is 10.3. The predicted octanol–water partition coefficient (Wildman–Crippen LogP) is 0.365. The van der Waals surface area contributed by atoms with Crippen molar-refractivity contribution in [3.05, 3.63) is 16.4 Å². The Labute approximate surface area is 135 Å². The molecule has 0 aliphatic carbocycles. The molecule has 1 N–H and O–H groups in total. The Bertz CT molecular complexity index is 571. The maximum atomic E-state index is 11.9. The Morgan fingerprint density at radius 1 is 1.39 bits per heavy atom. The maximum Gasteiger partial charge on any atom is 0.406 e. The van der Waals surface area contributed by atoms with Crippen molar-refractivity contribution in [3.63, 3.8) is 0 Å². The van der Waals surface area contributed by atoms with Crippen LogP contribution in [0.5, 0.6) is 0 Å². The molecule has 1 amide bonds. The number of nitro groups is 1. The van der Waals surface area contributed by atoms with Gasteiger partial charge < -0.3 is 20.3 Å². The van der Waals surface area contributed by atoms with Crippen LogP contribution in [0.4, 0.5) is 11.6 Å². The summed E-state index contributed by atoms with van der Waals surface area (Å²) in [6, 6.07) is 0.128. The number of amides is 1. The first-order chi connectivity index (χ1) is 10.9. The molecule has 1 aliphatic rings. The van der Waals surface area contributed by atoms with Gasteiger partial charge in [-0.1, -0.05) is 0 Å². The zero-order chi connectivity index (χ0) is 17.0. The van der Waals surface area contributed by atoms with E-state index in [1.54, 1.807) is 11.6 Å². The number of hydrogen-bond acceptors (Lipinski definition) is 6. The highest BCUT2D eigenvalue weighted by molar-refractivity contribution is 5.78. The van der Waals surface area contributed by atoms with E-state index < -0.39 is 4.92 Å². The first-order valence-electron chi connectivity index (χ1n) is 7.81. The summed E-state index contributed by atoms with van der Waals surface area (Å²) in [4.78, 5) is 30.5. The molecule has 0 aromatic carbocycles. The molecule has 2 heterocycles. The fourth-order valence-corrected chi connectivity index (χ4v) is 2.82. The van der Waals surface area contributed by atoms with Crippen molar-refractivity contribution in [1.29, 1.82) is 0 Å². The normalized spacial score (nSPS) is 16.4. The van der Waals surface area contributed by atoms with E-state index in [2.05, 4.69) is 15.2 Å². The molecule has 128 valence electrons. The molecule has 23 heavy (non-hydrogen) atoms. The number of rotatable bonds is 5. The van der Waals surface area contributed by atoms with Crippen LogP contribution >= 0.6 is 0 Å². The van der Waals surface area contributed by atoms with E-state index in [0.717, 1.165) is 13.0 Å². The van der Waals surface area contributed by atoms with Gasteiger partial charge in [-0.2, -0.15) is 0 Å². The Hall–Kier alpha value is -2.16. The number of aryl methyl sites for hydroxylation is 1. The predicted molar refractivity (Wildman–Crippen MR) is 86.4 cm³/mol. The van der Waals surface area contributed by atoms with Crippen LogP contribution in [0.3, 0.4) is 0 Å². The van der Waals surface area contributed by atoms with Crippen molar-refractivity contribution in [2.24, 2.45) is 7.05 Å². The summed E-state index contributed by atoms with van der Waals surface area (Å²) in [6.45, 7) is 7.06. The molecule has 1 aliphatic heterocycles. The molecule has 0 bridgehead atoms. The Morgan fingerprint density at radius 2 is 2.13 bits per heavy atom. The van der Waals surface area contributed by atoms with Gasteiger partial charge >= 0.3 is 5.82 Å². The molecule has 9 heteroatoms. The van der Waals surface area contributed by atoms with Crippen LogP contribution in [0.2, 0.25) is 0 Å². The average molecular weight is 324 g/mol. The second kappa shape index (κ2) is 7.40. The van der Waals surface area contributed by atoms with Gasteiger partial charge in [0.1, 0.15) is 0 Å². The third-order valence-electron chi connectivity index (χ3n) is 3.77. The topological polar surface area (TPSA) is 96.5 Å². The fourth-order valence-electron chi connectivity index (χ4n) is 2.82. The van der Waals surface area contributed by atoms with Crippen molar-refractivity contribution in [1.82, 2.24) is 19.8 Å². The molecule has 1 fully saturated rings. The third kappa shape index (κ3) is 4.41. The molecule has 1 saturated heterocycles. The largest absolute Gasteiger partial charge is 0.406 e. The lowest BCUT2D eigenvalue weighted by molar-refractivity contribution is -0.388. The molecule has 0 unspecified atom stereocenters. The van der Waals surface area contributed by atoms with Crippen LogP contribution in [0.25, 0.3) is 0 Å². The van der Waals surface area contributed by atoms with Gasteiger partial charge in [0.15, 0.2) is 0 Å². The molecule has 0 spiro atoms. The van der Waals surface area contributed by atoms with E-state index in [4.69, 9.17) is 0 Å². The SMILES string of the molecule is CC(C)NC(=O)CN1CCCN(c2c([N+](=O)[O-])ncn2C)CC1. The van der Waals surface area contributed by atoms with Gasteiger partial charge in [-0.15, -0.1) is 0 Å². The second-order valence-corrected chi connectivity index (χ2v) is 6.10. The standard InChI is InChI=1S/C14H24N6O3/c1-11(2)16-12(21)9-18-5-4-6-19(8-7-18)14-13(20(22)23)15-10-17(14)3/h10-11H,4-9H2,1-3H3,(H,16,21). The van der Waals surface area contributed by atoms with Crippen molar-refractivity contribution in [2.45, 2.75) is 26.3 Å². The zero-order valence-corrected chi connectivity index (χ0v) is 13.9. The summed E-state index contributed by atoms with van der Waals surface area (Å²) >= 11 is 0. The highest BCUT2D eigenvalue weighted by atomic mass is 16.6. The van der Waals surface area contributed by atoms with Crippen LogP contribution in [0, 0.1) is 10.1 Å². The quantitative estimate of drug-likeness (QED) is 0.621. The first kappa shape index (κ1) is 17.2. The molecule has 2 rings (SSSR count). The molecular formula is C14H24N6O3. The molecule has 0 radical (unpaired) electrons. The number of hydrogen-bond donors (Lipinski definition) is 1. The summed E-state index contributed by atoms with van der Waals surface area (Å²) < 4.78 is 1.68. The third-order valence-corrected chi connectivity index (χ3v) is 3.77.